The van der Waals surface area contributed by atoms with E-state index in [9.17, 15) is 0 Å². The lowest BCUT2D eigenvalue weighted by Gasteiger charge is -2.26. The van der Waals surface area contributed by atoms with Gasteiger partial charge in [0.1, 0.15) is 0 Å². The molecular formula is C70H50N2. The van der Waals surface area contributed by atoms with Crippen LogP contribution in [0, 0.1) is 0 Å². The van der Waals surface area contributed by atoms with Gasteiger partial charge in [0.05, 0.1) is 0 Å². The first kappa shape index (κ1) is 43.8. The first-order valence-corrected chi connectivity index (χ1v) is 24.7. The predicted molar refractivity (Wildman–Crippen MR) is 306 cm³/mol. The molecule has 0 heterocycles. The molecule has 0 aromatic heterocycles. The van der Waals surface area contributed by atoms with Gasteiger partial charge in [0.15, 0.2) is 0 Å². The zero-order valence-corrected chi connectivity index (χ0v) is 39.8. The third kappa shape index (κ3) is 8.97. The molecule has 0 atom stereocenters. The molecule has 0 unspecified atom stereocenters. The maximum absolute atomic E-state index is 2.35. The molecule has 12 aromatic carbocycles. The third-order valence-corrected chi connectivity index (χ3v) is 13.7. The molecule has 0 aliphatic heterocycles. The van der Waals surface area contributed by atoms with Crippen molar-refractivity contribution < 1.29 is 0 Å². The van der Waals surface area contributed by atoms with Crippen LogP contribution in [-0.2, 0) is 0 Å². The molecule has 2 nitrogen and oxygen atoms in total. The Balaban J connectivity index is 0.888. The van der Waals surface area contributed by atoms with Gasteiger partial charge in [-0.3, -0.25) is 0 Å². The molecule has 0 aliphatic carbocycles. The fraction of sp³-hybridized carbons (Fsp3) is 0. The number of benzene rings is 12. The van der Waals surface area contributed by atoms with Gasteiger partial charge in [-0.25, -0.2) is 0 Å². The standard InChI is InChI=1S/C70H50N2/c1-5-15-51(16-6-1)55-27-39-62(40-28-55)71(63-41-29-56(30-42-63)52-17-7-2-8-18-52)66-47-35-59(36-48-66)68-25-13-23-61-24-14-26-69(70(61)68)60-37-49-67(50-38-60)72(64-43-31-57(32-44-64)53-19-9-3-10-20-53)65-45-33-58(34-46-65)54-21-11-4-12-22-54/h1-50H. The molecule has 0 saturated carbocycles. The van der Waals surface area contributed by atoms with Crippen molar-refractivity contribution in [3.8, 4) is 66.8 Å². The Bertz CT molecular complexity index is 3290. The van der Waals surface area contributed by atoms with Crippen LogP contribution in [0.25, 0.3) is 77.5 Å². The minimum atomic E-state index is 1.09. The molecule has 12 aromatic rings. The summed E-state index contributed by atoms with van der Waals surface area (Å²) in [7, 11) is 0. The van der Waals surface area contributed by atoms with Gasteiger partial charge in [0.25, 0.3) is 0 Å². The van der Waals surface area contributed by atoms with E-state index in [0.29, 0.717) is 0 Å². The number of nitrogens with zero attached hydrogens (tertiary/aromatic N) is 2. The lowest BCUT2D eigenvalue weighted by Crippen LogP contribution is -2.09. The zero-order chi connectivity index (χ0) is 48.1. The number of hydrogen-bond donors (Lipinski definition) is 0. The van der Waals surface area contributed by atoms with E-state index in [1.807, 2.05) is 0 Å². The van der Waals surface area contributed by atoms with Gasteiger partial charge < -0.3 is 9.80 Å². The smallest absolute Gasteiger partial charge is 0.0462 e. The monoisotopic (exact) mass is 918 g/mol. The van der Waals surface area contributed by atoms with Crippen LogP contribution in [-0.4, -0.2) is 0 Å². The summed E-state index contributed by atoms with van der Waals surface area (Å²) in [5, 5.41) is 2.44. The average molecular weight is 919 g/mol. The van der Waals surface area contributed by atoms with E-state index in [1.165, 1.54) is 66.4 Å². The molecule has 0 N–H and O–H groups in total. The quantitative estimate of drug-likeness (QED) is 0.120. The highest BCUT2D eigenvalue weighted by atomic mass is 15.1. The van der Waals surface area contributed by atoms with E-state index in [0.717, 1.165) is 45.3 Å². The van der Waals surface area contributed by atoms with Crippen LogP contribution < -0.4 is 9.80 Å². The van der Waals surface area contributed by atoms with E-state index in [1.54, 1.807) is 0 Å². The number of anilines is 6. The summed E-state index contributed by atoms with van der Waals surface area (Å²) in [4.78, 5) is 4.70. The van der Waals surface area contributed by atoms with Crippen LogP contribution >= 0.6 is 0 Å². The molecule has 12 rings (SSSR count). The van der Waals surface area contributed by atoms with Crippen LogP contribution in [0.2, 0.25) is 0 Å². The van der Waals surface area contributed by atoms with E-state index in [4.69, 9.17) is 0 Å². The van der Waals surface area contributed by atoms with Gasteiger partial charge in [-0.15, -0.1) is 0 Å². The van der Waals surface area contributed by atoms with Crippen molar-refractivity contribution in [1.29, 1.82) is 0 Å². The van der Waals surface area contributed by atoms with E-state index in [2.05, 4.69) is 313 Å². The maximum atomic E-state index is 2.35. The maximum Gasteiger partial charge on any atom is 0.0462 e. The van der Waals surface area contributed by atoms with Gasteiger partial charge in [0, 0.05) is 34.1 Å². The topological polar surface area (TPSA) is 6.48 Å². The Kier molecular flexibility index (Phi) is 12.1. The van der Waals surface area contributed by atoms with Crippen molar-refractivity contribution in [2.45, 2.75) is 0 Å². The van der Waals surface area contributed by atoms with Gasteiger partial charge in [-0.1, -0.05) is 231 Å². The lowest BCUT2D eigenvalue weighted by molar-refractivity contribution is 1.28. The molecule has 0 saturated heterocycles. The molecule has 0 spiro atoms. The largest absolute Gasteiger partial charge is 0.311 e. The van der Waals surface area contributed by atoms with E-state index in [-0.39, 0.29) is 0 Å². The molecule has 0 radical (unpaired) electrons. The second-order valence-electron chi connectivity index (χ2n) is 18.1. The normalized spacial score (nSPS) is 11.1. The summed E-state index contributed by atoms with van der Waals surface area (Å²) in [5.41, 5.74) is 20.8. The summed E-state index contributed by atoms with van der Waals surface area (Å²) < 4.78 is 0. The molecule has 0 aliphatic rings. The Morgan fingerprint density at radius 2 is 0.361 bits per heavy atom. The Labute approximate surface area is 422 Å². The second kappa shape index (κ2) is 19.8. The van der Waals surface area contributed by atoms with Crippen molar-refractivity contribution in [3.05, 3.63) is 303 Å². The minimum Gasteiger partial charge on any atom is -0.311 e. The number of fused-ring (bicyclic) bond motifs is 1. The fourth-order valence-electron chi connectivity index (χ4n) is 10.0. The molecular weight excluding hydrogens is 869 g/mol. The molecule has 340 valence electrons. The number of rotatable bonds is 12. The first-order chi connectivity index (χ1) is 35.7. The van der Waals surface area contributed by atoms with Crippen LogP contribution in [0.5, 0.6) is 0 Å². The summed E-state index contributed by atoms with van der Waals surface area (Å²) in [6.07, 6.45) is 0. The van der Waals surface area contributed by atoms with Gasteiger partial charge in [-0.05, 0) is 150 Å². The Morgan fingerprint density at radius 1 is 0.153 bits per heavy atom. The van der Waals surface area contributed by atoms with Crippen LogP contribution in [0.15, 0.2) is 303 Å². The highest BCUT2D eigenvalue weighted by Crippen LogP contribution is 2.42. The molecule has 0 amide bonds. The SMILES string of the molecule is c1ccc(-c2ccc(N(c3ccc(-c4ccccc4)cc3)c3ccc(-c4cccc5cccc(-c6ccc(N(c7ccc(-c8ccccc8)cc7)c7ccc(-c8ccccc8)cc7)cc6)c45)cc3)cc2)cc1. The predicted octanol–water partition coefficient (Wildman–Crippen LogP) is 19.8. The zero-order valence-electron chi connectivity index (χ0n) is 39.8. The summed E-state index contributed by atoms with van der Waals surface area (Å²) >= 11 is 0. The molecule has 0 bridgehead atoms. The Hall–Kier alpha value is -9.50. The molecule has 0 fully saturated rings. The van der Waals surface area contributed by atoms with Crippen molar-refractivity contribution >= 4 is 44.9 Å². The highest BCUT2D eigenvalue weighted by Gasteiger charge is 2.18. The Morgan fingerprint density at radius 3 is 0.597 bits per heavy atom. The van der Waals surface area contributed by atoms with E-state index >= 15 is 0 Å². The van der Waals surface area contributed by atoms with Crippen molar-refractivity contribution in [3.63, 3.8) is 0 Å². The second-order valence-corrected chi connectivity index (χ2v) is 18.1. The summed E-state index contributed by atoms with van der Waals surface area (Å²) in [5.74, 6) is 0. The summed E-state index contributed by atoms with van der Waals surface area (Å²) in [6, 6.07) is 109. The third-order valence-electron chi connectivity index (χ3n) is 13.7. The summed E-state index contributed by atoms with van der Waals surface area (Å²) in [6.45, 7) is 0. The van der Waals surface area contributed by atoms with Crippen molar-refractivity contribution in [1.82, 2.24) is 0 Å². The minimum absolute atomic E-state index is 1.09. The van der Waals surface area contributed by atoms with Crippen molar-refractivity contribution in [2.75, 3.05) is 9.80 Å². The van der Waals surface area contributed by atoms with Gasteiger partial charge in [-0.2, -0.15) is 0 Å². The van der Waals surface area contributed by atoms with Gasteiger partial charge >= 0.3 is 0 Å². The van der Waals surface area contributed by atoms with Gasteiger partial charge in [0.2, 0.25) is 0 Å². The number of hydrogen-bond acceptors (Lipinski definition) is 2. The lowest BCUT2D eigenvalue weighted by atomic mass is 9.91. The van der Waals surface area contributed by atoms with Crippen LogP contribution in [0.1, 0.15) is 0 Å². The molecule has 2 heteroatoms. The average Bonchev–Trinajstić information content (AvgIpc) is 3.47. The highest BCUT2D eigenvalue weighted by molar-refractivity contribution is 6.06. The van der Waals surface area contributed by atoms with Crippen LogP contribution in [0.4, 0.5) is 34.1 Å². The van der Waals surface area contributed by atoms with Crippen molar-refractivity contribution in [2.24, 2.45) is 0 Å². The first-order valence-electron chi connectivity index (χ1n) is 24.7. The molecule has 72 heavy (non-hydrogen) atoms. The fourth-order valence-corrected chi connectivity index (χ4v) is 10.0. The van der Waals surface area contributed by atoms with E-state index < -0.39 is 0 Å². The van der Waals surface area contributed by atoms with Crippen LogP contribution in [0.3, 0.4) is 0 Å².